The summed E-state index contributed by atoms with van der Waals surface area (Å²) < 4.78 is 0. The lowest BCUT2D eigenvalue weighted by Gasteiger charge is -2.09. The van der Waals surface area contributed by atoms with Crippen LogP contribution in [-0.2, 0) is 6.42 Å². The monoisotopic (exact) mass is 240 g/mol. The lowest BCUT2D eigenvalue weighted by Crippen LogP contribution is -2.17. The van der Waals surface area contributed by atoms with Crippen molar-refractivity contribution in [1.82, 2.24) is 9.97 Å². The second-order valence-corrected chi connectivity index (χ2v) is 5.32. The van der Waals surface area contributed by atoms with Crippen LogP contribution >= 0.6 is 11.8 Å². The van der Waals surface area contributed by atoms with E-state index in [1.807, 2.05) is 6.92 Å². The van der Waals surface area contributed by atoms with Gasteiger partial charge in [-0.1, -0.05) is 13.3 Å². The van der Waals surface area contributed by atoms with Gasteiger partial charge < -0.3 is 10.1 Å². The summed E-state index contributed by atoms with van der Waals surface area (Å²) in [6, 6.07) is 0. The highest BCUT2D eigenvalue weighted by atomic mass is 32.2. The number of hydrogen-bond acceptors (Lipinski definition) is 4. The standard InChI is InChI=1S/C11H16N2O2S/c1-2-4-7-10(14)12-9(13-11(7)15)8-5-3-6-16-8/h8H,2-6H2,1H3,(H2,12,13,14,15). The molecule has 0 saturated carbocycles. The van der Waals surface area contributed by atoms with Gasteiger partial charge in [0, 0.05) is 0 Å². The number of aromatic amines is 1. The summed E-state index contributed by atoms with van der Waals surface area (Å²) >= 11 is 1.79. The van der Waals surface area contributed by atoms with E-state index in [9.17, 15) is 9.90 Å². The van der Waals surface area contributed by atoms with E-state index in [1.54, 1.807) is 11.8 Å². The molecule has 0 amide bonds. The minimum absolute atomic E-state index is 0.0897. The van der Waals surface area contributed by atoms with Gasteiger partial charge in [-0.05, 0) is 25.0 Å². The molecule has 0 radical (unpaired) electrons. The molecular weight excluding hydrogens is 224 g/mol. The zero-order valence-corrected chi connectivity index (χ0v) is 10.1. The Bertz CT molecular complexity index is 424. The zero-order chi connectivity index (χ0) is 11.5. The van der Waals surface area contributed by atoms with Crippen LogP contribution in [0.5, 0.6) is 5.88 Å². The maximum atomic E-state index is 11.7. The van der Waals surface area contributed by atoms with Crippen molar-refractivity contribution in [3.8, 4) is 5.88 Å². The molecule has 0 aliphatic carbocycles. The first-order valence-corrected chi connectivity index (χ1v) is 6.71. The molecular formula is C11H16N2O2S. The Kier molecular flexibility index (Phi) is 3.53. The van der Waals surface area contributed by atoms with Crippen molar-refractivity contribution >= 4 is 11.8 Å². The zero-order valence-electron chi connectivity index (χ0n) is 9.32. The lowest BCUT2D eigenvalue weighted by molar-refractivity contribution is 0.438. The predicted octanol–water partition coefficient (Wildman–Crippen LogP) is 2.00. The van der Waals surface area contributed by atoms with Gasteiger partial charge in [-0.2, -0.15) is 16.7 Å². The average Bonchev–Trinajstić information content (AvgIpc) is 2.76. The number of aromatic nitrogens is 2. The molecule has 0 bridgehead atoms. The Morgan fingerprint density at radius 1 is 1.62 bits per heavy atom. The third kappa shape index (κ3) is 2.24. The quantitative estimate of drug-likeness (QED) is 0.848. The van der Waals surface area contributed by atoms with E-state index in [-0.39, 0.29) is 16.7 Å². The number of H-pyrrole nitrogens is 1. The van der Waals surface area contributed by atoms with Crippen LogP contribution in [0, 0.1) is 0 Å². The Morgan fingerprint density at radius 3 is 3.00 bits per heavy atom. The van der Waals surface area contributed by atoms with Crippen molar-refractivity contribution < 1.29 is 5.11 Å². The minimum Gasteiger partial charge on any atom is -0.493 e. The fraction of sp³-hybridized carbons (Fsp3) is 0.636. The number of aromatic hydroxyl groups is 1. The smallest absolute Gasteiger partial charge is 0.257 e. The molecule has 1 unspecified atom stereocenters. The van der Waals surface area contributed by atoms with Crippen LogP contribution < -0.4 is 5.56 Å². The van der Waals surface area contributed by atoms with Gasteiger partial charge in [0.15, 0.2) is 0 Å². The molecule has 0 spiro atoms. The van der Waals surface area contributed by atoms with Gasteiger partial charge in [-0.3, -0.25) is 4.79 Å². The van der Waals surface area contributed by atoms with E-state index >= 15 is 0 Å². The molecule has 2 heterocycles. The van der Waals surface area contributed by atoms with Gasteiger partial charge >= 0.3 is 0 Å². The van der Waals surface area contributed by atoms with Gasteiger partial charge in [-0.25, -0.2) is 0 Å². The molecule has 1 saturated heterocycles. The second-order valence-electron chi connectivity index (χ2n) is 4.00. The van der Waals surface area contributed by atoms with E-state index in [1.165, 1.54) is 0 Å². The topological polar surface area (TPSA) is 66.0 Å². The van der Waals surface area contributed by atoms with E-state index in [0.29, 0.717) is 17.8 Å². The van der Waals surface area contributed by atoms with Crippen LogP contribution in [0.1, 0.15) is 42.8 Å². The molecule has 0 aromatic carbocycles. The molecule has 1 fully saturated rings. The molecule has 1 aliphatic rings. The molecule has 16 heavy (non-hydrogen) atoms. The van der Waals surface area contributed by atoms with Crippen molar-refractivity contribution in [3.63, 3.8) is 0 Å². The largest absolute Gasteiger partial charge is 0.493 e. The molecule has 4 nitrogen and oxygen atoms in total. The van der Waals surface area contributed by atoms with E-state index < -0.39 is 0 Å². The summed E-state index contributed by atoms with van der Waals surface area (Å²) in [5.74, 6) is 1.64. The van der Waals surface area contributed by atoms with Crippen molar-refractivity contribution in [3.05, 3.63) is 21.7 Å². The first-order valence-electron chi connectivity index (χ1n) is 5.66. The van der Waals surface area contributed by atoms with Gasteiger partial charge in [0.1, 0.15) is 5.82 Å². The van der Waals surface area contributed by atoms with Crippen LogP contribution in [0.25, 0.3) is 0 Å². The summed E-state index contributed by atoms with van der Waals surface area (Å²) in [6.45, 7) is 1.97. The molecule has 2 N–H and O–H groups in total. The molecule has 1 atom stereocenters. The Hall–Kier alpha value is -0.970. The number of thioether (sulfide) groups is 1. The van der Waals surface area contributed by atoms with Crippen LogP contribution in [0.4, 0.5) is 0 Å². The predicted molar refractivity (Wildman–Crippen MR) is 65.0 cm³/mol. The maximum Gasteiger partial charge on any atom is 0.257 e. The summed E-state index contributed by atoms with van der Waals surface area (Å²) in [4.78, 5) is 18.7. The normalized spacial score (nSPS) is 20.2. The third-order valence-electron chi connectivity index (χ3n) is 2.75. The van der Waals surface area contributed by atoms with E-state index in [4.69, 9.17) is 0 Å². The minimum atomic E-state index is -0.183. The lowest BCUT2D eigenvalue weighted by atomic mass is 10.2. The molecule has 1 aromatic rings. The van der Waals surface area contributed by atoms with Crippen molar-refractivity contribution in [2.75, 3.05) is 5.75 Å². The second kappa shape index (κ2) is 4.91. The summed E-state index contributed by atoms with van der Waals surface area (Å²) in [6.07, 6.45) is 3.58. The Labute approximate surface area is 98.5 Å². The molecule has 1 aliphatic heterocycles. The number of nitrogens with zero attached hydrogens (tertiary/aromatic N) is 1. The molecule has 1 aromatic heterocycles. The summed E-state index contributed by atoms with van der Waals surface area (Å²) in [7, 11) is 0. The van der Waals surface area contributed by atoms with Gasteiger partial charge in [-0.15, -0.1) is 0 Å². The maximum absolute atomic E-state index is 11.7. The average molecular weight is 240 g/mol. The van der Waals surface area contributed by atoms with Crippen molar-refractivity contribution in [2.24, 2.45) is 0 Å². The van der Waals surface area contributed by atoms with E-state index in [2.05, 4.69) is 9.97 Å². The SMILES string of the molecule is CCCc1c(O)nc(C2CCCS2)[nH]c1=O. The fourth-order valence-electron chi connectivity index (χ4n) is 1.92. The highest BCUT2D eigenvalue weighted by Crippen LogP contribution is 2.38. The number of nitrogens with one attached hydrogen (secondary N) is 1. The Morgan fingerprint density at radius 2 is 2.44 bits per heavy atom. The van der Waals surface area contributed by atoms with Gasteiger partial charge in [0.2, 0.25) is 5.88 Å². The van der Waals surface area contributed by atoms with E-state index in [0.717, 1.165) is 25.0 Å². The highest BCUT2D eigenvalue weighted by Gasteiger charge is 2.21. The number of rotatable bonds is 3. The molecule has 88 valence electrons. The van der Waals surface area contributed by atoms with Crippen LogP contribution in [0.2, 0.25) is 0 Å². The van der Waals surface area contributed by atoms with Crippen LogP contribution in [0.3, 0.4) is 0 Å². The fourth-order valence-corrected chi connectivity index (χ4v) is 3.14. The summed E-state index contributed by atoms with van der Waals surface area (Å²) in [5.41, 5.74) is 0.228. The van der Waals surface area contributed by atoms with Crippen LogP contribution in [-0.4, -0.2) is 20.8 Å². The summed E-state index contributed by atoms with van der Waals surface area (Å²) in [5, 5.41) is 9.97. The Balaban J connectivity index is 2.32. The van der Waals surface area contributed by atoms with Crippen molar-refractivity contribution in [1.29, 1.82) is 0 Å². The van der Waals surface area contributed by atoms with Gasteiger partial charge in [0.05, 0.1) is 10.8 Å². The number of hydrogen-bond donors (Lipinski definition) is 2. The molecule has 5 heteroatoms. The first-order chi connectivity index (χ1) is 7.72. The highest BCUT2D eigenvalue weighted by molar-refractivity contribution is 7.99. The molecule has 2 rings (SSSR count). The van der Waals surface area contributed by atoms with Gasteiger partial charge in [0.25, 0.3) is 5.56 Å². The third-order valence-corrected chi connectivity index (χ3v) is 4.13. The van der Waals surface area contributed by atoms with Crippen LogP contribution in [0.15, 0.2) is 4.79 Å². The first kappa shape index (κ1) is 11.5. The van der Waals surface area contributed by atoms with Crippen molar-refractivity contribution in [2.45, 2.75) is 37.9 Å².